The molecule has 100 valence electrons. The number of anilines is 1. The Kier molecular flexibility index (Phi) is 2.31. The van der Waals surface area contributed by atoms with E-state index in [0.717, 1.165) is 32.5 Å². The van der Waals surface area contributed by atoms with Crippen LogP contribution in [0.25, 0.3) is 0 Å². The summed E-state index contributed by atoms with van der Waals surface area (Å²) in [7, 11) is 0. The minimum Gasteiger partial charge on any atom is -0.311 e. The number of rotatable bonds is 0. The van der Waals surface area contributed by atoms with Crippen molar-refractivity contribution in [3.63, 3.8) is 0 Å². The Hall–Kier alpha value is -1.35. The number of para-hydroxylation sites is 1. The summed E-state index contributed by atoms with van der Waals surface area (Å²) in [4.78, 5) is 14.9. The predicted octanol–water partition coefficient (Wildman–Crippen LogP) is 2.19. The normalized spacial score (nSPS) is 32.8. The molecule has 0 saturated heterocycles. The fourth-order valence-corrected chi connectivity index (χ4v) is 4.33. The summed E-state index contributed by atoms with van der Waals surface area (Å²) in [5.41, 5.74) is 3.99. The highest BCUT2D eigenvalue weighted by molar-refractivity contribution is 6.01. The third-order valence-electron chi connectivity index (χ3n) is 5.35. The van der Waals surface area contributed by atoms with Gasteiger partial charge in [-0.05, 0) is 24.0 Å². The fourth-order valence-electron chi connectivity index (χ4n) is 4.33. The molecule has 1 amide bonds. The van der Waals surface area contributed by atoms with Crippen molar-refractivity contribution in [1.29, 1.82) is 0 Å². The highest BCUT2D eigenvalue weighted by atomic mass is 16.2. The summed E-state index contributed by atoms with van der Waals surface area (Å²) in [5.74, 6) is 0.567. The van der Waals surface area contributed by atoms with Gasteiger partial charge in [0.05, 0.1) is 5.69 Å². The quantitative estimate of drug-likeness (QED) is 0.771. The Labute approximate surface area is 114 Å². The molecule has 19 heavy (non-hydrogen) atoms. The van der Waals surface area contributed by atoms with E-state index in [2.05, 4.69) is 35.3 Å². The third kappa shape index (κ3) is 1.39. The van der Waals surface area contributed by atoms with Crippen molar-refractivity contribution in [2.24, 2.45) is 5.92 Å². The van der Waals surface area contributed by atoms with Crippen LogP contribution in [-0.4, -0.2) is 19.0 Å². The molecule has 1 N–H and O–H groups in total. The minimum absolute atomic E-state index is 0.0727. The van der Waals surface area contributed by atoms with Gasteiger partial charge in [-0.25, -0.2) is 0 Å². The van der Waals surface area contributed by atoms with E-state index < -0.39 is 0 Å². The Morgan fingerprint density at radius 2 is 2.32 bits per heavy atom. The molecule has 1 saturated carbocycles. The maximum absolute atomic E-state index is 12.8. The second-order valence-corrected chi connectivity index (χ2v) is 6.34. The molecule has 0 bridgehead atoms. The van der Waals surface area contributed by atoms with Gasteiger partial charge < -0.3 is 10.2 Å². The van der Waals surface area contributed by atoms with E-state index in [1.807, 2.05) is 0 Å². The number of carbonyl (C=O) groups is 1. The Balaban J connectivity index is 1.99. The summed E-state index contributed by atoms with van der Waals surface area (Å²) in [5, 5.41) is 3.43. The van der Waals surface area contributed by atoms with Gasteiger partial charge in [0.15, 0.2) is 0 Å². The van der Waals surface area contributed by atoms with E-state index in [0.29, 0.717) is 5.91 Å². The zero-order chi connectivity index (χ0) is 13.0. The van der Waals surface area contributed by atoms with Crippen LogP contribution in [-0.2, 0) is 16.8 Å². The van der Waals surface area contributed by atoms with Gasteiger partial charge >= 0.3 is 0 Å². The number of carbonyl (C=O) groups excluding carboxylic acids is 1. The maximum atomic E-state index is 12.8. The predicted molar refractivity (Wildman–Crippen MR) is 75.2 cm³/mol. The van der Waals surface area contributed by atoms with Crippen molar-refractivity contribution in [3.8, 4) is 0 Å². The molecule has 3 aliphatic rings. The van der Waals surface area contributed by atoms with Crippen molar-refractivity contribution in [2.45, 2.75) is 38.1 Å². The lowest BCUT2D eigenvalue weighted by Crippen LogP contribution is -2.49. The molecule has 0 spiro atoms. The molecule has 0 aromatic heterocycles. The van der Waals surface area contributed by atoms with Gasteiger partial charge in [0, 0.05) is 31.0 Å². The Bertz CT molecular complexity index is 554. The molecular formula is C16H20N2O. The topological polar surface area (TPSA) is 32.3 Å². The Morgan fingerprint density at radius 1 is 1.42 bits per heavy atom. The molecule has 3 heteroatoms. The van der Waals surface area contributed by atoms with Gasteiger partial charge in [-0.2, -0.15) is 0 Å². The maximum Gasteiger partial charge on any atom is 0.231 e. The van der Waals surface area contributed by atoms with E-state index in [4.69, 9.17) is 0 Å². The monoisotopic (exact) mass is 256 g/mol. The lowest BCUT2D eigenvalue weighted by atomic mass is 9.69. The van der Waals surface area contributed by atoms with Gasteiger partial charge in [-0.15, -0.1) is 0 Å². The molecule has 0 radical (unpaired) electrons. The summed E-state index contributed by atoms with van der Waals surface area (Å²) >= 11 is 0. The van der Waals surface area contributed by atoms with Crippen LogP contribution >= 0.6 is 0 Å². The number of nitrogens with one attached hydrogen (secondary N) is 1. The first kappa shape index (κ1) is 11.5. The van der Waals surface area contributed by atoms with E-state index in [-0.39, 0.29) is 11.3 Å². The molecule has 1 aromatic rings. The number of hydrogen-bond acceptors (Lipinski definition) is 2. The first-order chi connectivity index (χ1) is 9.22. The van der Waals surface area contributed by atoms with Crippen LogP contribution in [0.3, 0.4) is 0 Å². The van der Waals surface area contributed by atoms with Crippen LogP contribution in [0, 0.1) is 5.92 Å². The van der Waals surface area contributed by atoms with Crippen molar-refractivity contribution < 1.29 is 4.79 Å². The molecule has 2 atom stereocenters. The van der Waals surface area contributed by atoms with Crippen LogP contribution in [0.15, 0.2) is 18.2 Å². The van der Waals surface area contributed by atoms with E-state index in [1.165, 1.54) is 23.2 Å². The van der Waals surface area contributed by atoms with Crippen LogP contribution in [0.5, 0.6) is 0 Å². The smallest absolute Gasteiger partial charge is 0.231 e. The average molecular weight is 256 g/mol. The molecule has 1 fully saturated rings. The number of fused-ring (bicyclic) bond motifs is 2. The Morgan fingerprint density at radius 3 is 3.21 bits per heavy atom. The highest BCUT2D eigenvalue weighted by Crippen LogP contribution is 2.53. The number of hydrogen-bond donors (Lipinski definition) is 1. The van der Waals surface area contributed by atoms with Crippen molar-refractivity contribution >= 4 is 11.6 Å². The van der Waals surface area contributed by atoms with E-state index >= 15 is 0 Å². The summed E-state index contributed by atoms with van der Waals surface area (Å²) in [6.07, 6.45) is 3.40. The number of benzene rings is 1. The SMILES string of the molecule is C[C@@]12CCC[C@H]1C(=O)N1CCNCc3cccc2c31. The summed E-state index contributed by atoms with van der Waals surface area (Å²) in [6, 6.07) is 6.58. The molecule has 2 aliphatic heterocycles. The molecule has 3 nitrogen and oxygen atoms in total. The number of nitrogens with zero attached hydrogens (tertiary/aromatic N) is 1. The van der Waals surface area contributed by atoms with Gasteiger partial charge in [-0.3, -0.25) is 4.79 Å². The molecule has 4 rings (SSSR count). The minimum atomic E-state index is 0.0727. The first-order valence-electron chi connectivity index (χ1n) is 7.36. The average Bonchev–Trinajstić information content (AvgIpc) is 2.69. The highest BCUT2D eigenvalue weighted by Gasteiger charge is 2.51. The second-order valence-electron chi connectivity index (χ2n) is 6.34. The van der Waals surface area contributed by atoms with E-state index in [9.17, 15) is 4.79 Å². The lowest BCUT2D eigenvalue weighted by molar-refractivity contribution is -0.124. The third-order valence-corrected chi connectivity index (χ3v) is 5.35. The summed E-state index contributed by atoms with van der Waals surface area (Å²) < 4.78 is 0. The largest absolute Gasteiger partial charge is 0.311 e. The molecule has 2 heterocycles. The first-order valence-corrected chi connectivity index (χ1v) is 7.36. The van der Waals surface area contributed by atoms with Crippen molar-refractivity contribution in [2.75, 3.05) is 18.0 Å². The molecular weight excluding hydrogens is 236 g/mol. The van der Waals surface area contributed by atoms with E-state index in [1.54, 1.807) is 0 Å². The zero-order valence-corrected chi connectivity index (χ0v) is 11.4. The van der Waals surface area contributed by atoms with Crippen molar-refractivity contribution in [1.82, 2.24) is 5.32 Å². The number of amides is 1. The van der Waals surface area contributed by atoms with Crippen molar-refractivity contribution in [3.05, 3.63) is 29.3 Å². The van der Waals surface area contributed by atoms with Crippen LogP contribution in [0.1, 0.15) is 37.3 Å². The van der Waals surface area contributed by atoms with Gasteiger partial charge in [0.1, 0.15) is 0 Å². The van der Waals surface area contributed by atoms with Gasteiger partial charge in [-0.1, -0.05) is 31.5 Å². The second kappa shape index (κ2) is 3.83. The van der Waals surface area contributed by atoms with Crippen LogP contribution < -0.4 is 10.2 Å². The van der Waals surface area contributed by atoms with Crippen LogP contribution in [0.2, 0.25) is 0 Å². The molecule has 1 aromatic carbocycles. The van der Waals surface area contributed by atoms with Crippen LogP contribution in [0.4, 0.5) is 5.69 Å². The zero-order valence-electron chi connectivity index (χ0n) is 11.4. The fraction of sp³-hybridized carbons (Fsp3) is 0.562. The van der Waals surface area contributed by atoms with Gasteiger partial charge in [0.2, 0.25) is 5.91 Å². The molecule has 0 unspecified atom stereocenters. The van der Waals surface area contributed by atoms with Gasteiger partial charge in [0.25, 0.3) is 0 Å². The standard InChI is InChI=1S/C16H20N2O/c1-16-7-3-6-13(16)15(19)18-9-8-17-10-11-4-2-5-12(16)14(11)18/h2,4-5,13,17H,3,6-10H2,1H3/t13-,16-/m0/s1. The summed E-state index contributed by atoms with van der Waals surface area (Å²) in [6.45, 7) is 4.89. The molecule has 1 aliphatic carbocycles. The lowest BCUT2D eigenvalue weighted by Gasteiger charge is -2.43.